The Kier molecular flexibility index (Phi) is 9.69. The van der Waals surface area contributed by atoms with Gasteiger partial charge in [0.05, 0.1) is 32.8 Å². The number of benzene rings is 1. The van der Waals surface area contributed by atoms with E-state index in [0.717, 1.165) is 11.8 Å². The monoisotopic (exact) mass is 669 g/mol. The fraction of sp³-hybridized carbons (Fsp3) is 0.464. The van der Waals surface area contributed by atoms with Crippen LogP contribution in [-0.2, 0) is 19.6 Å². The number of sulfonamides is 1. The van der Waals surface area contributed by atoms with Crippen LogP contribution in [0, 0.1) is 21.8 Å². The Morgan fingerprint density at radius 2 is 1.85 bits per heavy atom. The highest BCUT2D eigenvalue weighted by Gasteiger charge is 2.31. The smallest absolute Gasteiger partial charge is 0.311 e. The number of furan rings is 1. The molecule has 39 heavy (non-hydrogen) atoms. The molecule has 0 radical (unpaired) electrons. The molecule has 0 spiro atoms. The van der Waals surface area contributed by atoms with Gasteiger partial charge in [-0.3, -0.25) is 13.9 Å². The summed E-state index contributed by atoms with van der Waals surface area (Å²) in [5, 5.41) is 3.14. The number of nitrogens with one attached hydrogen (secondary N) is 1. The van der Waals surface area contributed by atoms with Crippen LogP contribution in [0.15, 0.2) is 34.7 Å². The molecule has 9 nitrogen and oxygen atoms in total. The number of ether oxygens (including phenoxy) is 1. The van der Waals surface area contributed by atoms with Gasteiger partial charge in [0.1, 0.15) is 5.76 Å². The lowest BCUT2D eigenvalue weighted by molar-refractivity contribution is -0.155. The molecule has 3 aromatic rings. The van der Waals surface area contributed by atoms with Crippen molar-refractivity contribution in [2.24, 2.45) is 11.3 Å². The summed E-state index contributed by atoms with van der Waals surface area (Å²) in [6.07, 6.45) is 1.95. The minimum atomic E-state index is -3.72. The van der Waals surface area contributed by atoms with Crippen molar-refractivity contribution in [1.82, 2.24) is 10.3 Å². The van der Waals surface area contributed by atoms with Gasteiger partial charge in [-0.1, -0.05) is 43.7 Å². The Morgan fingerprint density at radius 3 is 2.41 bits per heavy atom. The maximum absolute atomic E-state index is 12.9. The van der Waals surface area contributed by atoms with E-state index in [9.17, 15) is 18.0 Å². The van der Waals surface area contributed by atoms with Crippen LogP contribution in [0.1, 0.15) is 56.5 Å². The van der Waals surface area contributed by atoms with Crippen LogP contribution in [0.5, 0.6) is 0 Å². The van der Waals surface area contributed by atoms with Crippen molar-refractivity contribution in [2.45, 2.75) is 47.5 Å². The summed E-state index contributed by atoms with van der Waals surface area (Å²) < 4.78 is 39.0. The molecule has 1 amide bonds. The Bertz CT molecular complexity index is 1460. The van der Waals surface area contributed by atoms with Gasteiger partial charge in [-0.25, -0.2) is 8.42 Å². The third-order valence-electron chi connectivity index (χ3n) is 6.29. The van der Waals surface area contributed by atoms with Crippen LogP contribution in [0.2, 0.25) is 0 Å². The van der Waals surface area contributed by atoms with E-state index in [0.29, 0.717) is 45.3 Å². The lowest BCUT2D eigenvalue weighted by atomic mass is 9.88. The zero-order valence-corrected chi connectivity index (χ0v) is 26.4. The highest BCUT2D eigenvalue weighted by Crippen LogP contribution is 2.37. The predicted molar refractivity (Wildman–Crippen MR) is 161 cm³/mol. The summed E-state index contributed by atoms with van der Waals surface area (Å²) in [4.78, 5) is 30.0. The highest BCUT2D eigenvalue weighted by molar-refractivity contribution is 14.1. The average molecular weight is 670 g/mol. The van der Waals surface area contributed by atoms with Crippen LogP contribution >= 0.6 is 22.6 Å². The number of halogens is 1. The molecule has 0 aliphatic carbocycles. The van der Waals surface area contributed by atoms with E-state index in [1.54, 1.807) is 27.0 Å². The first kappa shape index (κ1) is 30.9. The Balaban J connectivity index is 1.98. The molecule has 1 N–H and O–H groups in total. The zero-order valence-electron chi connectivity index (χ0n) is 23.4. The highest BCUT2D eigenvalue weighted by atomic mass is 127. The molecular formula is C28H36IN3O6S. The maximum atomic E-state index is 12.9. The number of amides is 1. The lowest BCUT2D eigenvalue weighted by Gasteiger charge is -2.26. The molecule has 2 aromatic heterocycles. The van der Waals surface area contributed by atoms with Gasteiger partial charge in [-0.2, -0.15) is 4.98 Å². The number of nitrogens with zero attached hydrogens (tertiary/aromatic N) is 2. The number of esters is 1. The summed E-state index contributed by atoms with van der Waals surface area (Å²) in [5.74, 6) is 0.153. The van der Waals surface area contributed by atoms with Crippen LogP contribution < -0.4 is 9.62 Å². The van der Waals surface area contributed by atoms with E-state index in [-0.39, 0.29) is 35.9 Å². The summed E-state index contributed by atoms with van der Waals surface area (Å²) in [5.41, 5.74) is 1.49. The van der Waals surface area contributed by atoms with Crippen molar-refractivity contribution >= 4 is 61.4 Å². The average Bonchev–Trinajstić information content (AvgIpc) is 3.22. The second-order valence-corrected chi connectivity index (χ2v) is 13.8. The number of hydrogen-bond acceptors (Lipinski definition) is 7. The number of hydrogen-bond donors (Lipinski definition) is 1. The number of carbonyl (C=O) groups excluding carboxylic acids is 2. The van der Waals surface area contributed by atoms with Crippen molar-refractivity contribution in [2.75, 3.05) is 30.8 Å². The van der Waals surface area contributed by atoms with Crippen LogP contribution in [0.25, 0.3) is 22.4 Å². The number of aryl methyl sites for hydroxylation is 1. The van der Waals surface area contributed by atoms with Gasteiger partial charge in [0.2, 0.25) is 15.7 Å². The Morgan fingerprint density at radius 1 is 1.21 bits per heavy atom. The Hall–Kier alpha value is -2.67. The molecule has 0 bridgehead atoms. The van der Waals surface area contributed by atoms with Crippen LogP contribution in [0.3, 0.4) is 0 Å². The summed E-state index contributed by atoms with van der Waals surface area (Å²) in [6, 6.07) is 9.29. The van der Waals surface area contributed by atoms with Gasteiger partial charge in [0, 0.05) is 19.2 Å². The Labute approximate surface area is 243 Å². The quantitative estimate of drug-likeness (QED) is 0.211. The van der Waals surface area contributed by atoms with Gasteiger partial charge in [0.25, 0.3) is 5.91 Å². The molecule has 0 unspecified atom stereocenters. The zero-order chi connectivity index (χ0) is 29.1. The van der Waals surface area contributed by atoms with Crippen molar-refractivity contribution in [1.29, 1.82) is 0 Å². The maximum Gasteiger partial charge on any atom is 0.311 e. The van der Waals surface area contributed by atoms with E-state index in [4.69, 9.17) is 9.15 Å². The van der Waals surface area contributed by atoms with Gasteiger partial charge in [0.15, 0.2) is 5.82 Å². The molecule has 0 atom stereocenters. The van der Waals surface area contributed by atoms with Gasteiger partial charge < -0.3 is 14.5 Å². The second-order valence-electron chi connectivity index (χ2n) is 10.7. The number of fused-ring (bicyclic) bond motifs is 1. The minimum Gasteiger partial charge on any atom is -0.465 e. The normalized spacial score (nSPS) is 12.1. The molecule has 11 heteroatoms. The van der Waals surface area contributed by atoms with E-state index in [1.165, 1.54) is 4.31 Å². The largest absolute Gasteiger partial charge is 0.465 e. The lowest BCUT2D eigenvalue weighted by Crippen LogP contribution is -2.34. The first-order valence-electron chi connectivity index (χ1n) is 12.7. The SMILES string of the molecule is CNC(=O)c1c(-c2ccc(C)cc2)oc2nc(N(CCCC(C)(C)C(=O)OCC(C)C)S(C)(=O)=O)c(I)cc12. The molecule has 0 saturated carbocycles. The predicted octanol–water partition coefficient (Wildman–Crippen LogP) is 5.54. The van der Waals surface area contributed by atoms with E-state index in [2.05, 4.69) is 10.3 Å². The van der Waals surface area contributed by atoms with Gasteiger partial charge >= 0.3 is 5.97 Å². The number of aromatic nitrogens is 1. The molecule has 0 aliphatic heterocycles. The first-order chi connectivity index (χ1) is 18.2. The van der Waals surface area contributed by atoms with E-state index in [1.807, 2.05) is 67.6 Å². The summed E-state index contributed by atoms with van der Waals surface area (Å²) >= 11 is 2.02. The third kappa shape index (κ3) is 7.30. The molecule has 0 aliphatic rings. The number of anilines is 1. The molecule has 1 aromatic carbocycles. The van der Waals surface area contributed by atoms with Crippen molar-refractivity contribution < 1.29 is 27.2 Å². The molecule has 2 heterocycles. The third-order valence-corrected chi connectivity index (χ3v) is 8.24. The second kappa shape index (κ2) is 12.2. The summed E-state index contributed by atoms with van der Waals surface area (Å²) in [6.45, 7) is 9.95. The minimum absolute atomic E-state index is 0.113. The standard InChI is InChI=1S/C28H36IN3O6S/c1-17(2)16-37-27(34)28(4,5)13-8-14-32(39(7,35)36)24-21(29)15-20-22(25(33)30-6)23(38-26(20)31-24)19-11-9-18(3)10-12-19/h9-12,15,17H,8,13-14,16H2,1-7H3,(H,30,33). The van der Waals surface area contributed by atoms with Crippen LogP contribution in [0.4, 0.5) is 5.82 Å². The fourth-order valence-electron chi connectivity index (χ4n) is 4.06. The van der Waals surface area contributed by atoms with Gasteiger partial charge in [-0.05, 0) is 68.2 Å². The fourth-order valence-corrected chi connectivity index (χ4v) is 5.86. The molecule has 212 valence electrons. The van der Waals surface area contributed by atoms with Crippen molar-refractivity contribution in [3.8, 4) is 11.3 Å². The van der Waals surface area contributed by atoms with E-state index < -0.39 is 15.4 Å². The summed E-state index contributed by atoms with van der Waals surface area (Å²) in [7, 11) is -2.18. The molecule has 3 rings (SSSR count). The molecule has 0 fully saturated rings. The van der Waals surface area contributed by atoms with E-state index >= 15 is 0 Å². The molecular weight excluding hydrogens is 633 g/mol. The molecule has 0 saturated heterocycles. The van der Waals surface area contributed by atoms with Crippen LogP contribution in [-0.4, -0.2) is 51.7 Å². The number of carbonyl (C=O) groups is 2. The van der Waals surface area contributed by atoms with Crippen molar-refractivity contribution in [3.63, 3.8) is 0 Å². The van der Waals surface area contributed by atoms with Gasteiger partial charge in [-0.15, -0.1) is 0 Å². The number of pyridine rings is 1. The first-order valence-corrected chi connectivity index (χ1v) is 15.7. The topological polar surface area (TPSA) is 119 Å². The number of rotatable bonds is 11. The van der Waals surface area contributed by atoms with Crippen molar-refractivity contribution in [3.05, 3.63) is 45.0 Å².